The minimum atomic E-state index is -0.325. The Bertz CT molecular complexity index is 663. The Balaban J connectivity index is 2.04. The van der Waals surface area contributed by atoms with Crippen molar-refractivity contribution in [2.75, 3.05) is 0 Å². The van der Waals surface area contributed by atoms with E-state index in [1.54, 1.807) is 0 Å². The number of benzene rings is 2. The summed E-state index contributed by atoms with van der Waals surface area (Å²) in [6.45, 7) is 10.5. The third-order valence-corrected chi connectivity index (χ3v) is 5.10. The van der Waals surface area contributed by atoms with Gasteiger partial charge in [0, 0.05) is 5.82 Å². The predicted molar refractivity (Wildman–Crippen MR) is 95.5 cm³/mol. The van der Waals surface area contributed by atoms with E-state index in [-0.39, 0.29) is 24.1 Å². The summed E-state index contributed by atoms with van der Waals surface area (Å²) in [6, 6.07) is 19.1. The van der Waals surface area contributed by atoms with Crippen molar-refractivity contribution >= 4 is 7.12 Å². The summed E-state index contributed by atoms with van der Waals surface area (Å²) in [5, 5.41) is 0. The van der Waals surface area contributed by atoms with Crippen LogP contribution in [0, 0.1) is 6.92 Å². The van der Waals surface area contributed by atoms with Gasteiger partial charge in [-0.15, -0.1) is 0 Å². The Kier molecular flexibility index (Phi) is 4.11. The van der Waals surface area contributed by atoms with E-state index in [0.29, 0.717) is 0 Å². The maximum absolute atomic E-state index is 6.35. The quantitative estimate of drug-likeness (QED) is 0.761. The molecule has 3 heteroatoms. The van der Waals surface area contributed by atoms with E-state index in [9.17, 15) is 0 Å². The molecule has 0 aromatic heterocycles. The maximum atomic E-state index is 6.35. The molecule has 3 rings (SSSR count). The van der Waals surface area contributed by atoms with Crippen molar-refractivity contribution in [1.82, 2.24) is 0 Å². The largest absolute Gasteiger partial charge is 0.470 e. The first-order chi connectivity index (χ1) is 10.8. The molecule has 2 aromatic rings. The lowest BCUT2D eigenvalue weighted by atomic mass is 9.64. The van der Waals surface area contributed by atoms with E-state index in [2.05, 4.69) is 83.1 Å². The van der Waals surface area contributed by atoms with Gasteiger partial charge in [0.2, 0.25) is 0 Å². The lowest BCUT2D eigenvalue weighted by molar-refractivity contribution is 0.00578. The molecular weight excluding hydrogens is 283 g/mol. The second-order valence-corrected chi connectivity index (χ2v) is 7.43. The second-order valence-electron chi connectivity index (χ2n) is 7.43. The molecule has 0 bridgehead atoms. The Morgan fingerprint density at radius 1 is 0.783 bits per heavy atom. The highest BCUT2D eigenvalue weighted by molar-refractivity contribution is 6.48. The molecule has 2 nitrogen and oxygen atoms in total. The van der Waals surface area contributed by atoms with Crippen LogP contribution in [0.2, 0.25) is 0 Å². The topological polar surface area (TPSA) is 18.5 Å². The van der Waals surface area contributed by atoms with Crippen LogP contribution >= 0.6 is 0 Å². The molecule has 1 aliphatic heterocycles. The first kappa shape index (κ1) is 16.3. The van der Waals surface area contributed by atoms with Crippen LogP contribution in [-0.2, 0) is 9.31 Å². The molecule has 120 valence electrons. The normalized spacial score (nSPS) is 20.5. The summed E-state index contributed by atoms with van der Waals surface area (Å²) in [4.78, 5) is 0. The molecule has 1 saturated heterocycles. The number of hydrogen-bond acceptors (Lipinski definition) is 2. The van der Waals surface area contributed by atoms with Gasteiger partial charge < -0.3 is 9.31 Å². The van der Waals surface area contributed by atoms with E-state index in [4.69, 9.17) is 9.31 Å². The molecular formula is C20H25BO2. The summed E-state index contributed by atoms with van der Waals surface area (Å²) >= 11 is 0. The standard InChI is InChI=1S/C20H25BO2/c1-15-10-9-13-17(14-15)18(16-11-7-6-8-12-16)21-22-19(2,3)20(4,5)23-21/h6-14,18H,1-5H3. The van der Waals surface area contributed by atoms with E-state index in [1.807, 2.05) is 6.07 Å². The monoisotopic (exact) mass is 308 g/mol. The van der Waals surface area contributed by atoms with Crippen LogP contribution in [0.3, 0.4) is 0 Å². The summed E-state index contributed by atoms with van der Waals surface area (Å²) in [5.74, 6) is 0.0668. The van der Waals surface area contributed by atoms with Crippen molar-refractivity contribution in [1.29, 1.82) is 0 Å². The van der Waals surface area contributed by atoms with Crippen LogP contribution in [-0.4, -0.2) is 18.3 Å². The second kappa shape index (κ2) is 5.81. The summed E-state index contributed by atoms with van der Waals surface area (Å²) in [6.07, 6.45) is 0. The Labute approximate surface area is 140 Å². The Morgan fingerprint density at radius 2 is 1.35 bits per heavy atom. The van der Waals surface area contributed by atoms with Gasteiger partial charge in [-0.2, -0.15) is 0 Å². The molecule has 0 saturated carbocycles. The molecule has 0 radical (unpaired) electrons. The van der Waals surface area contributed by atoms with Gasteiger partial charge in [0.1, 0.15) is 0 Å². The smallest absolute Gasteiger partial charge is 0.403 e. The van der Waals surface area contributed by atoms with Crippen molar-refractivity contribution in [2.45, 2.75) is 51.6 Å². The van der Waals surface area contributed by atoms with Crippen LogP contribution < -0.4 is 0 Å². The average molecular weight is 308 g/mol. The molecule has 0 amide bonds. The lowest BCUT2D eigenvalue weighted by Gasteiger charge is -2.32. The fraction of sp³-hybridized carbons (Fsp3) is 0.400. The summed E-state index contributed by atoms with van der Waals surface area (Å²) in [7, 11) is -0.288. The van der Waals surface area contributed by atoms with Crippen LogP contribution in [0.4, 0.5) is 0 Å². The maximum Gasteiger partial charge on any atom is 0.470 e. The van der Waals surface area contributed by atoms with Gasteiger partial charge in [-0.25, -0.2) is 0 Å². The Hall–Kier alpha value is -1.58. The van der Waals surface area contributed by atoms with Crippen LogP contribution in [0.1, 0.15) is 50.2 Å². The lowest BCUT2D eigenvalue weighted by Crippen LogP contribution is -2.41. The van der Waals surface area contributed by atoms with Gasteiger partial charge in [0.15, 0.2) is 0 Å². The van der Waals surface area contributed by atoms with Crippen LogP contribution in [0.5, 0.6) is 0 Å². The molecule has 0 spiro atoms. The summed E-state index contributed by atoms with van der Waals surface area (Å²) < 4.78 is 12.7. The van der Waals surface area contributed by atoms with Gasteiger partial charge >= 0.3 is 7.12 Å². The predicted octanol–water partition coefficient (Wildman–Crippen LogP) is 4.76. The minimum absolute atomic E-state index is 0.0668. The zero-order valence-electron chi connectivity index (χ0n) is 14.7. The number of hydrogen-bond donors (Lipinski definition) is 0. The van der Waals surface area contributed by atoms with Gasteiger partial charge in [0.25, 0.3) is 0 Å². The first-order valence-electron chi connectivity index (χ1n) is 8.27. The first-order valence-corrected chi connectivity index (χ1v) is 8.27. The number of aryl methyl sites for hydroxylation is 1. The summed E-state index contributed by atoms with van der Waals surface area (Å²) in [5.41, 5.74) is 3.05. The molecule has 1 heterocycles. The van der Waals surface area contributed by atoms with Crippen molar-refractivity contribution < 1.29 is 9.31 Å². The van der Waals surface area contributed by atoms with Crippen LogP contribution in [0.15, 0.2) is 54.6 Å². The molecule has 1 fully saturated rings. The highest BCUT2D eigenvalue weighted by atomic mass is 16.7. The number of rotatable bonds is 3. The zero-order valence-corrected chi connectivity index (χ0v) is 14.7. The van der Waals surface area contributed by atoms with Gasteiger partial charge in [0.05, 0.1) is 11.2 Å². The molecule has 1 unspecified atom stereocenters. The van der Waals surface area contributed by atoms with Gasteiger partial charge in [-0.05, 0) is 45.7 Å². The molecule has 2 aromatic carbocycles. The van der Waals surface area contributed by atoms with E-state index in [0.717, 1.165) is 0 Å². The van der Waals surface area contributed by atoms with Gasteiger partial charge in [-0.3, -0.25) is 0 Å². The molecule has 23 heavy (non-hydrogen) atoms. The minimum Gasteiger partial charge on any atom is -0.403 e. The van der Waals surface area contributed by atoms with Crippen LogP contribution in [0.25, 0.3) is 0 Å². The van der Waals surface area contributed by atoms with Gasteiger partial charge in [-0.1, -0.05) is 60.2 Å². The zero-order chi connectivity index (χ0) is 16.7. The molecule has 0 aliphatic carbocycles. The third kappa shape index (κ3) is 3.08. The van der Waals surface area contributed by atoms with E-state index >= 15 is 0 Å². The van der Waals surface area contributed by atoms with E-state index in [1.165, 1.54) is 16.7 Å². The molecule has 1 atom stereocenters. The Morgan fingerprint density at radius 3 is 1.91 bits per heavy atom. The molecule has 0 N–H and O–H groups in total. The van der Waals surface area contributed by atoms with Crippen molar-refractivity contribution in [2.24, 2.45) is 0 Å². The highest BCUT2D eigenvalue weighted by Crippen LogP contribution is 2.42. The highest BCUT2D eigenvalue weighted by Gasteiger charge is 2.54. The fourth-order valence-electron chi connectivity index (χ4n) is 3.06. The van der Waals surface area contributed by atoms with Crippen molar-refractivity contribution in [3.8, 4) is 0 Å². The van der Waals surface area contributed by atoms with E-state index < -0.39 is 0 Å². The third-order valence-electron chi connectivity index (χ3n) is 5.10. The van der Waals surface area contributed by atoms with Crippen molar-refractivity contribution in [3.63, 3.8) is 0 Å². The SMILES string of the molecule is Cc1cccc(C(B2OC(C)(C)C(C)(C)O2)c2ccccc2)c1. The molecule has 1 aliphatic rings. The van der Waals surface area contributed by atoms with Crippen molar-refractivity contribution in [3.05, 3.63) is 71.3 Å². The average Bonchev–Trinajstić information content (AvgIpc) is 2.68. The fourth-order valence-corrected chi connectivity index (χ4v) is 3.06.